The SMILES string of the molecule is CC(C)(C)CNc1c(C#N)cnc2c(Cl)cc(NC(c3cn(C4(C)CC4)nn3)c3c(F)cccc3Cl)cc12. The number of benzene rings is 2. The van der Waals surface area contributed by atoms with Crippen molar-refractivity contribution in [2.45, 2.75) is 52.1 Å². The molecule has 38 heavy (non-hydrogen) atoms. The van der Waals surface area contributed by atoms with Crippen LogP contribution in [0.2, 0.25) is 10.0 Å². The van der Waals surface area contributed by atoms with E-state index in [1.54, 1.807) is 18.2 Å². The van der Waals surface area contributed by atoms with Crippen LogP contribution in [-0.4, -0.2) is 26.5 Å². The van der Waals surface area contributed by atoms with Crippen LogP contribution >= 0.6 is 23.2 Å². The highest BCUT2D eigenvalue weighted by Gasteiger charge is 2.41. The van der Waals surface area contributed by atoms with E-state index in [-0.39, 0.29) is 21.5 Å². The van der Waals surface area contributed by atoms with Crippen molar-refractivity contribution in [3.63, 3.8) is 0 Å². The lowest BCUT2D eigenvalue weighted by atomic mass is 9.96. The summed E-state index contributed by atoms with van der Waals surface area (Å²) in [5, 5.41) is 26.6. The zero-order valence-corrected chi connectivity index (χ0v) is 23.1. The van der Waals surface area contributed by atoms with Crippen LogP contribution < -0.4 is 10.6 Å². The molecule has 0 spiro atoms. The van der Waals surface area contributed by atoms with Gasteiger partial charge in [0.1, 0.15) is 23.6 Å². The summed E-state index contributed by atoms with van der Waals surface area (Å²) in [7, 11) is 0. The molecule has 0 radical (unpaired) electrons. The summed E-state index contributed by atoms with van der Waals surface area (Å²) in [6.07, 6.45) is 5.37. The van der Waals surface area contributed by atoms with Crippen LogP contribution in [0, 0.1) is 22.6 Å². The Morgan fingerprint density at radius 1 is 1.21 bits per heavy atom. The standard InChI is InChI=1S/C28H28Cl2FN7/c1-27(2,3)15-34-24-16(12-32)13-33-25-18(24)10-17(11-20(25)30)35-26(23-19(29)6-5-7-21(23)31)22-14-38(37-36-22)28(4)8-9-28/h5-7,10-11,13-14,26,35H,8-9,15H2,1-4H3,(H,33,34). The summed E-state index contributed by atoms with van der Waals surface area (Å²) in [4.78, 5) is 4.43. The third-order valence-electron chi connectivity index (χ3n) is 6.77. The van der Waals surface area contributed by atoms with E-state index in [0.717, 1.165) is 12.8 Å². The third kappa shape index (κ3) is 5.13. The molecule has 0 amide bonds. The highest BCUT2D eigenvalue weighted by molar-refractivity contribution is 6.36. The summed E-state index contributed by atoms with van der Waals surface area (Å²) in [6, 6.07) is 9.63. The fourth-order valence-electron chi connectivity index (χ4n) is 4.30. The zero-order valence-electron chi connectivity index (χ0n) is 21.6. The number of aromatic nitrogens is 4. The Morgan fingerprint density at radius 3 is 2.63 bits per heavy atom. The number of rotatable bonds is 7. The van der Waals surface area contributed by atoms with Crippen molar-refractivity contribution in [1.82, 2.24) is 20.0 Å². The van der Waals surface area contributed by atoms with Gasteiger partial charge in [-0.2, -0.15) is 5.26 Å². The predicted octanol–water partition coefficient (Wildman–Crippen LogP) is 7.31. The molecule has 1 aliphatic carbocycles. The normalized spacial score (nSPS) is 15.2. The molecule has 10 heteroatoms. The molecule has 1 unspecified atom stereocenters. The van der Waals surface area contributed by atoms with E-state index >= 15 is 4.39 Å². The van der Waals surface area contributed by atoms with E-state index in [9.17, 15) is 5.26 Å². The van der Waals surface area contributed by atoms with Gasteiger partial charge in [0, 0.05) is 34.4 Å². The molecule has 5 rings (SSSR count). The van der Waals surface area contributed by atoms with E-state index in [1.165, 1.54) is 12.3 Å². The van der Waals surface area contributed by atoms with E-state index in [2.05, 4.69) is 59.7 Å². The largest absolute Gasteiger partial charge is 0.383 e. The molecule has 2 aromatic heterocycles. The number of nitrogens with one attached hydrogen (secondary N) is 2. The second kappa shape index (κ2) is 9.72. The summed E-state index contributed by atoms with van der Waals surface area (Å²) in [5.74, 6) is -0.463. The molecule has 4 aromatic rings. The fraction of sp³-hybridized carbons (Fsp3) is 0.357. The first-order valence-electron chi connectivity index (χ1n) is 12.4. The van der Waals surface area contributed by atoms with Gasteiger partial charge < -0.3 is 10.6 Å². The average molecular weight is 552 g/mol. The Kier molecular flexibility index (Phi) is 6.70. The first-order valence-corrected chi connectivity index (χ1v) is 13.1. The Balaban J connectivity index is 1.62. The second-order valence-corrected chi connectivity index (χ2v) is 12.0. The van der Waals surface area contributed by atoms with Gasteiger partial charge in [0.25, 0.3) is 0 Å². The minimum absolute atomic E-state index is 0.0291. The van der Waals surface area contributed by atoms with Gasteiger partial charge in [-0.15, -0.1) is 5.10 Å². The topological polar surface area (TPSA) is 91.5 Å². The molecule has 0 saturated heterocycles. The molecule has 1 atom stereocenters. The molecule has 1 saturated carbocycles. The molecular weight excluding hydrogens is 524 g/mol. The number of fused-ring (bicyclic) bond motifs is 1. The molecule has 1 aliphatic rings. The Labute approximate surface area is 231 Å². The minimum atomic E-state index is -0.744. The van der Waals surface area contributed by atoms with E-state index in [4.69, 9.17) is 23.2 Å². The summed E-state index contributed by atoms with van der Waals surface area (Å²) in [5.41, 5.74) is 2.88. The first kappa shape index (κ1) is 26.2. The summed E-state index contributed by atoms with van der Waals surface area (Å²) < 4.78 is 17.0. The number of pyridine rings is 1. The smallest absolute Gasteiger partial charge is 0.130 e. The highest BCUT2D eigenvalue weighted by atomic mass is 35.5. The molecule has 2 N–H and O–H groups in total. The van der Waals surface area contributed by atoms with Gasteiger partial charge in [-0.05, 0) is 49.4 Å². The van der Waals surface area contributed by atoms with Crippen LogP contribution in [-0.2, 0) is 5.54 Å². The van der Waals surface area contributed by atoms with Gasteiger partial charge in [0.05, 0.1) is 33.5 Å². The maximum Gasteiger partial charge on any atom is 0.130 e. The number of nitrogens with zero attached hydrogens (tertiary/aromatic N) is 5. The average Bonchev–Trinajstić information content (AvgIpc) is 3.40. The number of hydrogen-bond donors (Lipinski definition) is 2. The predicted molar refractivity (Wildman–Crippen MR) is 149 cm³/mol. The number of halogens is 3. The van der Waals surface area contributed by atoms with Crippen molar-refractivity contribution in [1.29, 1.82) is 5.26 Å². The Bertz CT molecular complexity index is 1540. The second-order valence-electron chi connectivity index (χ2n) is 11.2. The Hall–Kier alpha value is -3.41. The Morgan fingerprint density at radius 2 is 1.97 bits per heavy atom. The number of anilines is 2. The van der Waals surface area contributed by atoms with Gasteiger partial charge in [-0.1, -0.05) is 55.3 Å². The molecule has 196 valence electrons. The number of hydrogen-bond acceptors (Lipinski definition) is 6. The van der Waals surface area contributed by atoms with Crippen LogP contribution in [0.15, 0.2) is 42.7 Å². The summed E-state index contributed by atoms with van der Waals surface area (Å²) >= 11 is 13.2. The molecule has 0 bridgehead atoms. The van der Waals surface area contributed by atoms with Gasteiger partial charge in [-0.3, -0.25) is 4.98 Å². The van der Waals surface area contributed by atoms with Crippen LogP contribution in [0.5, 0.6) is 0 Å². The van der Waals surface area contributed by atoms with Gasteiger partial charge in [0.2, 0.25) is 0 Å². The van der Waals surface area contributed by atoms with E-state index < -0.39 is 11.9 Å². The summed E-state index contributed by atoms with van der Waals surface area (Å²) in [6.45, 7) is 9.05. The van der Waals surface area contributed by atoms with Gasteiger partial charge in [0.15, 0.2) is 0 Å². The lowest BCUT2D eigenvalue weighted by Gasteiger charge is -2.23. The van der Waals surface area contributed by atoms with Crippen LogP contribution in [0.1, 0.15) is 63.4 Å². The maximum atomic E-state index is 15.2. The van der Waals surface area contributed by atoms with E-state index in [0.29, 0.717) is 45.1 Å². The van der Waals surface area contributed by atoms with Crippen molar-refractivity contribution in [2.24, 2.45) is 5.41 Å². The van der Waals surface area contributed by atoms with Gasteiger partial charge >= 0.3 is 0 Å². The van der Waals surface area contributed by atoms with Crippen LogP contribution in [0.3, 0.4) is 0 Å². The molecule has 2 heterocycles. The van der Waals surface area contributed by atoms with Crippen molar-refractivity contribution in [2.75, 3.05) is 17.2 Å². The van der Waals surface area contributed by atoms with Gasteiger partial charge in [-0.25, -0.2) is 9.07 Å². The molecular formula is C28H28Cl2FN7. The maximum absolute atomic E-state index is 15.2. The third-order valence-corrected chi connectivity index (χ3v) is 7.39. The first-order chi connectivity index (χ1) is 18.0. The number of nitriles is 1. The molecule has 2 aromatic carbocycles. The lowest BCUT2D eigenvalue weighted by Crippen LogP contribution is -2.20. The molecule has 1 fully saturated rings. The monoisotopic (exact) mass is 551 g/mol. The van der Waals surface area contributed by atoms with Crippen molar-refractivity contribution >= 4 is 45.5 Å². The quantitative estimate of drug-likeness (QED) is 0.250. The van der Waals surface area contributed by atoms with Crippen molar-refractivity contribution < 1.29 is 4.39 Å². The lowest BCUT2D eigenvalue weighted by molar-refractivity contribution is 0.443. The highest BCUT2D eigenvalue weighted by Crippen LogP contribution is 2.43. The fourth-order valence-corrected chi connectivity index (χ4v) is 4.84. The molecule has 7 nitrogen and oxygen atoms in total. The minimum Gasteiger partial charge on any atom is -0.383 e. The van der Waals surface area contributed by atoms with Crippen molar-refractivity contribution in [3.05, 3.63) is 75.4 Å². The van der Waals surface area contributed by atoms with Crippen LogP contribution in [0.4, 0.5) is 15.8 Å². The molecule has 0 aliphatic heterocycles. The van der Waals surface area contributed by atoms with Crippen molar-refractivity contribution in [3.8, 4) is 6.07 Å². The zero-order chi connectivity index (χ0) is 27.2. The van der Waals surface area contributed by atoms with Crippen LogP contribution in [0.25, 0.3) is 10.9 Å². The van der Waals surface area contributed by atoms with E-state index in [1.807, 2.05) is 16.9 Å².